The number of hydrogen-bond donors (Lipinski definition) is 2. The number of rotatable bonds is 5. The maximum atomic E-state index is 11.8. The number of nitrogens with zero attached hydrogens (tertiary/aromatic N) is 1. The van der Waals surface area contributed by atoms with Gasteiger partial charge in [-0.05, 0) is 32.6 Å². The van der Waals surface area contributed by atoms with E-state index in [0.717, 1.165) is 19.3 Å². The third-order valence-electron chi connectivity index (χ3n) is 3.69. The van der Waals surface area contributed by atoms with E-state index in [9.17, 15) is 4.79 Å². The molecular weight excluding hydrogens is 202 g/mol. The van der Waals surface area contributed by atoms with E-state index in [2.05, 4.69) is 31.1 Å². The molecule has 1 fully saturated rings. The molecule has 1 aliphatic rings. The van der Waals surface area contributed by atoms with Crippen molar-refractivity contribution >= 4 is 5.91 Å². The monoisotopic (exact) mass is 227 g/mol. The van der Waals surface area contributed by atoms with Gasteiger partial charge in [0.1, 0.15) is 0 Å². The molecule has 3 unspecified atom stereocenters. The lowest BCUT2D eigenvalue weighted by atomic mass is 10.1. The van der Waals surface area contributed by atoms with Crippen LogP contribution in [0.4, 0.5) is 0 Å². The van der Waals surface area contributed by atoms with Crippen LogP contribution in [0.25, 0.3) is 0 Å². The molecule has 1 aliphatic heterocycles. The standard InChI is InChI=1S/C12H25N3O/c1-4-6-11(12(16)14-13)15-9(3)7-8-10(15)5-2/h9-11H,4-8,13H2,1-3H3,(H,14,16). The lowest BCUT2D eigenvalue weighted by Gasteiger charge is -2.34. The van der Waals surface area contributed by atoms with Crippen molar-refractivity contribution in [1.29, 1.82) is 0 Å². The van der Waals surface area contributed by atoms with Gasteiger partial charge in [0.15, 0.2) is 0 Å². The van der Waals surface area contributed by atoms with Crippen LogP contribution < -0.4 is 11.3 Å². The zero-order chi connectivity index (χ0) is 12.1. The van der Waals surface area contributed by atoms with Crippen molar-refractivity contribution in [2.45, 2.75) is 71.0 Å². The van der Waals surface area contributed by atoms with E-state index < -0.39 is 0 Å². The van der Waals surface area contributed by atoms with Crippen LogP contribution in [0, 0.1) is 0 Å². The van der Waals surface area contributed by atoms with Crippen LogP contribution >= 0.6 is 0 Å². The predicted octanol–water partition coefficient (Wildman–Crippen LogP) is 1.41. The summed E-state index contributed by atoms with van der Waals surface area (Å²) in [5.41, 5.74) is 2.31. The predicted molar refractivity (Wildman–Crippen MR) is 65.6 cm³/mol. The lowest BCUT2D eigenvalue weighted by Crippen LogP contribution is -2.52. The molecule has 1 saturated heterocycles. The van der Waals surface area contributed by atoms with Crippen LogP contribution in [-0.4, -0.2) is 28.9 Å². The second-order valence-electron chi connectivity index (χ2n) is 4.75. The third kappa shape index (κ3) is 2.74. The first-order chi connectivity index (χ1) is 7.65. The molecule has 1 heterocycles. The van der Waals surface area contributed by atoms with Gasteiger partial charge in [-0.15, -0.1) is 0 Å². The van der Waals surface area contributed by atoms with E-state index in [1.807, 2.05) is 0 Å². The molecule has 0 spiro atoms. The summed E-state index contributed by atoms with van der Waals surface area (Å²) in [6.07, 6.45) is 5.41. The van der Waals surface area contributed by atoms with E-state index in [4.69, 9.17) is 5.84 Å². The van der Waals surface area contributed by atoms with Crippen LogP contribution in [0.5, 0.6) is 0 Å². The smallest absolute Gasteiger partial charge is 0.251 e. The Morgan fingerprint density at radius 1 is 1.50 bits per heavy atom. The fraction of sp³-hybridized carbons (Fsp3) is 0.917. The van der Waals surface area contributed by atoms with Gasteiger partial charge < -0.3 is 0 Å². The van der Waals surface area contributed by atoms with Gasteiger partial charge >= 0.3 is 0 Å². The Morgan fingerprint density at radius 2 is 2.19 bits per heavy atom. The molecule has 1 amide bonds. The minimum Gasteiger partial charge on any atom is -0.293 e. The van der Waals surface area contributed by atoms with Gasteiger partial charge in [-0.2, -0.15) is 0 Å². The van der Waals surface area contributed by atoms with Gasteiger partial charge in [-0.25, -0.2) is 5.84 Å². The lowest BCUT2D eigenvalue weighted by molar-refractivity contribution is -0.128. The molecule has 3 N–H and O–H groups in total. The van der Waals surface area contributed by atoms with E-state index in [1.54, 1.807) is 0 Å². The molecule has 3 atom stereocenters. The van der Waals surface area contributed by atoms with Gasteiger partial charge in [0.25, 0.3) is 5.91 Å². The van der Waals surface area contributed by atoms with Crippen LogP contribution in [0.3, 0.4) is 0 Å². The Morgan fingerprint density at radius 3 is 2.69 bits per heavy atom. The summed E-state index contributed by atoms with van der Waals surface area (Å²) in [7, 11) is 0. The van der Waals surface area contributed by atoms with E-state index in [1.165, 1.54) is 12.8 Å². The molecule has 0 aromatic carbocycles. The maximum Gasteiger partial charge on any atom is 0.251 e. The molecule has 0 radical (unpaired) electrons. The number of nitrogens with one attached hydrogen (secondary N) is 1. The summed E-state index contributed by atoms with van der Waals surface area (Å²) < 4.78 is 0. The van der Waals surface area contributed by atoms with E-state index in [-0.39, 0.29) is 11.9 Å². The van der Waals surface area contributed by atoms with Gasteiger partial charge in [-0.1, -0.05) is 20.3 Å². The SMILES string of the molecule is CCCC(C(=O)NN)N1C(C)CCC1CC. The second kappa shape index (κ2) is 6.21. The molecule has 1 rings (SSSR count). The first kappa shape index (κ1) is 13.5. The zero-order valence-electron chi connectivity index (χ0n) is 10.7. The minimum absolute atomic E-state index is 0.0333. The Kier molecular flexibility index (Phi) is 5.22. The molecule has 0 saturated carbocycles. The van der Waals surface area contributed by atoms with Crippen molar-refractivity contribution in [1.82, 2.24) is 10.3 Å². The van der Waals surface area contributed by atoms with Gasteiger partial charge in [0, 0.05) is 12.1 Å². The highest BCUT2D eigenvalue weighted by atomic mass is 16.2. The summed E-state index contributed by atoms with van der Waals surface area (Å²) in [6, 6.07) is 1.00. The molecule has 16 heavy (non-hydrogen) atoms. The summed E-state index contributed by atoms with van der Waals surface area (Å²) >= 11 is 0. The number of hydrazine groups is 1. The number of hydrogen-bond acceptors (Lipinski definition) is 3. The molecule has 0 bridgehead atoms. The fourth-order valence-corrected chi connectivity index (χ4v) is 2.85. The summed E-state index contributed by atoms with van der Waals surface area (Å²) in [5.74, 6) is 5.24. The number of nitrogens with two attached hydrogens (primary N) is 1. The third-order valence-corrected chi connectivity index (χ3v) is 3.69. The topological polar surface area (TPSA) is 58.4 Å². The highest BCUT2D eigenvalue weighted by molar-refractivity contribution is 5.81. The highest BCUT2D eigenvalue weighted by Crippen LogP contribution is 2.29. The maximum absolute atomic E-state index is 11.8. The van der Waals surface area contributed by atoms with Crippen LogP contribution in [-0.2, 0) is 4.79 Å². The van der Waals surface area contributed by atoms with E-state index >= 15 is 0 Å². The van der Waals surface area contributed by atoms with E-state index in [0.29, 0.717) is 12.1 Å². The summed E-state index contributed by atoms with van der Waals surface area (Å²) in [5, 5.41) is 0. The molecule has 0 aromatic heterocycles. The van der Waals surface area contributed by atoms with Crippen molar-refractivity contribution in [3.63, 3.8) is 0 Å². The highest BCUT2D eigenvalue weighted by Gasteiger charge is 2.37. The van der Waals surface area contributed by atoms with Crippen LogP contribution in [0.2, 0.25) is 0 Å². The molecule has 4 nitrogen and oxygen atoms in total. The normalized spacial score (nSPS) is 28.0. The molecule has 0 aliphatic carbocycles. The number of carbonyl (C=O) groups is 1. The molecule has 0 aromatic rings. The number of amides is 1. The number of carbonyl (C=O) groups excluding carboxylic acids is 1. The van der Waals surface area contributed by atoms with Gasteiger partial charge in [0.2, 0.25) is 0 Å². The van der Waals surface area contributed by atoms with Gasteiger partial charge in [-0.3, -0.25) is 15.1 Å². The molecular formula is C12H25N3O. The zero-order valence-corrected chi connectivity index (χ0v) is 10.7. The quantitative estimate of drug-likeness (QED) is 0.424. The summed E-state index contributed by atoms with van der Waals surface area (Å²) in [6.45, 7) is 6.51. The summed E-state index contributed by atoms with van der Waals surface area (Å²) in [4.78, 5) is 14.2. The first-order valence-corrected chi connectivity index (χ1v) is 6.43. The minimum atomic E-state index is -0.0440. The average Bonchev–Trinajstić information content (AvgIpc) is 2.66. The Bertz CT molecular complexity index is 232. The Labute approximate surface area is 98.5 Å². The van der Waals surface area contributed by atoms with Crippen molar-refractivity contribution in [3.05, 3.63) is 0 Å². The first-order valence-electron chi connectivity index (χ1n) is 6.43. The van der Waals surface area contributed by atoms with Crippen LogP contribution in [0.1, 0.15) is 52.9 Å². The Balaban J connectivity index is 2.78. The van der Waals surface area contributed by atoms with Crippen molar-refractivity contribution in [2.75, 3.05) is 0 Å². The van der Waals surface area contributed by atoms with Crippen molar-refractivity contribution in [3.8, 4) is 0 Å². The Hall–Kier alpha value is -0.610. The largest absolute Gasteiger partial charge is 0.293 e. The molecule has 4 heteroatoms. The van der Waals surface area contributed by atoms with Crippen molar-refractivity contribution < 1.29 is 4.79 Å². The number of likely N-dealkylation sites (tertiary alicyclic amines) is 1. The molecule has 94 valence electrons. The average molecular weight is 227 g/mol. The van der Waals surface area contributed by atoms with Gasteiger partial charge in [0.05, 0.1) is 6.04 Å². The van der Waals surface area contributed by atoms with Crippen LogP contribution in [0.15, 0.2) is 0 Å². The second-order valence-corrected chi connectivity index (χ2v) is 4.75. The van der Waals surface area contributed by atoms with Crippen molar-refractivity contribution in [2.24, 2.45) is 5.84 Å². The fourth-order valence-electron chi connectivity index (χ4n) is 2.85.